The van der Waals surface area contributed by atoms with Crippen molar-refractivity contribution in [2.24, 2.45) is 0 Å². The van der Waals surface area contributed by atoms with E-state index in [1.165, 1.54) is 60.6 Å². The number of benzene rings is 7. The monoisotopic (exact) mass is 603 g/mol. The number of para-hydroxylation sites is 3. The third-order valence-corrected chi connectivity index (χ3v) is 9.42. The van der Waals surface area contributed by atoms with Gasteiger partial charge in [0.15, 0.2) is 0 Å². The Morgan fingerprint density at radius 2 is 0.745 bits per heavy atom. The fraction of sp³-hybridized carbons (Fsp3) is 0.0455. The Balaban J connectivity index is 1.35. The Morgan fingerprint density at radius 3 is 1.17 bits per heavy atom. The van der Waals surface area contributed by atoms with Gasteiger partial charge in [0.2, 0.25) is 0 Å². The second kappa shape index (κ2) is 10.8. The molecule has 7 aromatic carbocycles. The summed E-state index contributed by atoms with van der Waals surface area (Å²) in [5.41, 5.74) is 13.1. The number of nitrogens with zero attached hydrogens (tertiary/aromatic N) is 3. The van der Waals surface area contributed by atoms with Crippen LogP contribution >= 0.6 is 0 Å². The fourth-order valence-corrected chi connectivity index (χ4v) is 7.31. The first-order valence-corrected chi connectivity index (χ1v) is 16.2. The van der Waals surface area contributed by atoms with E-state index in [1.54, 1.807) is 0 Å². The SMILES string of the molecule is Cc1ccc(N(c2ccccc2)c2cccc3c2c2cccc4c5c(N(c6ccccc6)c6ccc(C)cc6)cccc5n3c24)cc1. The molecule has 0 aliphatic heterocycles. The van der Waals surface area contributed by atoms with Crippen molar-refractivity contribution >= 4 is 72.2 Å². The highest BCUT2D eigenvalue weighted by molar-refractivity contribution is 6.28. The minimum absolute atomic E-state index is 1.14. The smallest absolute Gasteiger partial charge is 0.0622 e. The van der Waals surface area contributed by atoms with Gasteiger partial charge in [-0.05, 0) is 86.6 Å². The number of aryl methyl sites for hydroxylation is 2. The minimum atomic E-state index is 1.14. The van der Waals surface area contributed by atoms with Gasteiger partial charge in [-0.15, -0.1) is 0 Å². The van der Waals surface area contributed by atoms with Gasteiger partial charge in [0.1, 0.15) is 0 Å². The second-order valence-corrected chi connectivity index (χ2v) is 12.4. The van der Waals surface area contributed by atoms with E-state index in [0.717, 1.165) is 22.7 Å². The number of fused-ring (bicyclic) bond motifs is 6. The molecular formula is C44H33N3. The third-order valence-electron chi connectivity index (χ3n) is 9.42. The summed E-state index contributed by atoms with van der Waals surface area (Å²) in [6.07, 6.45) is 0. The van der Waals surface area contributed by atoms with Gasteiger partial charge in [-0.2, -0.15) is 0 Å². The summed E-state index contributed by atoms with van der Waals surface area (Å²) in [6, 6.07) is 59.4. The zero-order valence-corrected chi connectivity index (χ0v) is 26.4. The van der Waals surface area contributed by atoms with Gasteiger partial charge in [-0.25, -0.2) is 0 Å². The molecule has 0 atom stereocenters. The van der Waals surface area contributed by atoms with Crippen molar-refractivity contribution in [3.05, 3.63) is 175 Å². The van der Waals surface area contributed by atoms with Crippen molar-refractivity contribution in [1.82, 2.24) is 4.40 Å². The van der Waals surface area contributed by atoms with E-state index in [-0.39, 0.29) is 0 Å². The number of anilines is 6. The van der Waals surface area contributed by atoms with E-state index in [2.05, 4.69) is 192 Å². The van der Waals surface area contributed by atoms with Crippen LogP contribution in [-0.2, 0) is 0 Å². The van der Waals surface area contributed by atoms with Gasteiger partial charge in [0.25, 0.3) is 0 Å². The van der Waals surface area contributed by atoms with Crippen LogP contribution in [-0.4, -0.2) is 4.40 Å². The molecule has 0 aliphatic carbocycles. The molecule has 2 aromatic heterocycles. The molecule has 0 saturated heterocycles. The van der Waals surface area contributed by atoms with Gasteiger partial charge >= 0.3 is 0 Å². The van der Waals surface area contributed by atoms with Crippen molar-refractivity contribution in [2.45, 2.75) is 13.8 Å². The molecule has 3 heteroatoms. The molecule has 0 aliphatic rings. The largest absolute Gasteiger partial charge is 0.310 e. The lowest BCUT2D eigenvalue weighted by atomic mass is 10.0. The summed E-state index contributed by atoms with van der Waals surface area (Å²) < 4.78 is 2.49. The standard InChI is InChI=1S/C44H33N3/c1-30-22-26-34(27-23-30)45(32-12-5-3-6-13-32)38-18-10-20-40-42(38)36-16-9-17-37-43-39(19-11-21-41(43)47(40)44(36)37)46(33-14-7-4-8-15-33)35-28-24-31(2)25-29-35/h3-29H,1-2H3. The van der Waals surface area contributed by atoms with Crippen LogP contribution in [0.3, 0.4) is 0 Å². The quantitative estimate of drug-likeness (QED) is 0.187. The maximum absolute atomic E-state index is 2.49. The second-order valence-electron chi connectivity index (χ2n) is 12.4. The number of hydrogen-bond donors (Lipinski definition) is 0. The first kappa shape index (κ1) is 27.3. The molecule has 0 amide bonds. The topological polar surface area (TPSA) is 10.9 Å². The van der Waals surface area contributed by atoms with Crippen LogP contribution in [0.15, 0.2) is 164 Å². The van der Waals surface area contributed by atoms with E-state index in [1.807, 2.05) is 0 Å². The highest BCUT2D eigenvalue weighted by Gasteiger charge is 2.25. The molecule has 0 spiro atoms. The molecule has 0 radical (unpaired) electrons. The summed E-state index contributed by atoms with van der Waals surface area (Å²) in [5, 5.41) is 5.02. The molecule has 0 unspecified atom stereocenters. The lowest BCUT2D eigenvalue weighted by molar-refractivity contribution is 1.28. The van der Waals surface area contributed by atoms with Crippen molar-refractivity contribution in [1.29, 1.82) is 0 Å². The first-order chi connectivity index (χ1) is 23.2. The number of hydrogen-bond acceptors (Lipinski definition) is 2. The Kier molecular flexibility index (Phi) is 6.26. The van der Waals surface area contributed by atoms with E-state index < -0.39 is 0 Å². The molecule has 47 heavy (non-hydrogen) atoms. The average Bonchev–Trinajstić information content (AvgIpc) is 3.65. The Hall–Kier alpha value is -6.06. The predicted octanol–water partition coefficient (Wildman–Crippen LogP) is 12.4. The molecular weight excluding hydrogens is 571 g/mol. The molecule has 0 fully saturated rings. The van der Waals surface area contributed by atoms with Crippen molar-refractivity contribution in [3.63, 3.8) is 0 Å². The van der Waals surface area contributed by atoms with E-state index in [9.17, 15) is 0 Å². The first-order valence-electron chi connectivity index (χ1n) is 16.2. The average molecular weight is 604 g/mol. The van der Waals surface area contributed by atoms with Crippen LogP contribution in [0.4, 0.5) is 34.1 Å². The van der Waals surface area contributed by atoms with E-state index in [4.69, 9.17) is 0 Å². The predicted molar refractivity (Wildman–Crippen MR) is 200 cm³/mol. The lowest BCUT2D eigenvalue weighted by Gasteiger charge is -2.27. The summed E-state index contributed by atoms with van der Waals surface area (Å²) in [7, 11) is 0. The Morgan fingerprint density at radius 1 is 0.362 bits per heavy atom. The molecule has 0 bridgehead atoms. The highest BCUT2D eigenvalue weighted by atomic mass is 15.2. The minimum Gasteiger partial charge on any atom is -0.310 e. The highest BCUT2D eigenvalue weighted by Crippen LogP contribution is 2.49. The number of aromatic nitrogens is 1. The van der Waals surface area contributed by atoms with Crippen LogP contribution in [0, 0.1) is 13.8 Å². The maximum atomic E-state index is 2.49. The van der Waals surface area contributed by atoms with Crippen LogP contribution in [0.5, 0.6) is 0 Å². The normalized spacial score (nSPS) is 11.6. The van der Waals surface area contributed by atoms with E-state index >= 15 is 0 Å². The van der Waals surface area contributed by atoms with Gasteiger partial charge in [-0.1, -0.05) is 102 Å². The Labute approximate surface area is 274 Å². The molecule has 3 nitrogen and oxygen atoms in total. The van der Waals surface area contributed by atoms with Crippen molar-refractivity contribution < 1.29 is 0 Å². The zero-order chi connectivity index (χ0) is 31.5. The van der Waals surface area contributed by atoms with E-state index in [0.29, 0.717) is 0 Å². The summed E-state index contributed by atoms with van der Waals surface area (Å²) in [4.78, 5) is 4.79. The third kappa shape index (κ3) is 4.28. The van der Waals surface area contributed by atoms with Crippen LogP contribution in [0.1, 0.15) is 11.1 Å². The molecule has 9 aromatic rings. The van der Waals surface area contributed by atoms with Crippen molar-refractivity contribution in [3.8, 4) is 0 Å². The number of rotatable bonds is 6. The lowest BCUT2D eigenvalue weighted by Crippen LogP contribution is -2.10. The zero-order valence-electron chi connectivity index (χ0n) is 26.4. The molecule has 0 N–H and O–H groups in total. The van der Waals surface area contributed by atoms with Gasteiger partial charge in [0.05, 0.1) is 27.9 Å². The van der Waals surface area contributed by atoms with Crippen LogP contribution < -0.4 is 9.80 Å². The van der Waals surface area contributed by atoms with Crippen molar-refractivity contribution in [2.75, 3.05) is 9.80 Å². The Bertz CT molecular complexity index is 2340. The van der Waals surface area contributed by atoms with Crippen LogP contribution in [0.25, 0.3) is 38.1 Å². The summed E-state index contributed by atoms with van der Waals surface area (Å²) in [6.45, 7) is 4.28. The van der Waals surface area contributed by atoms with Gasteiger partial charge in [0, 0.05) is 44.3 Å². The molecule has 2 heterocycles. The molecule has 224 valence electrons. The van der Waals surface area contributed by atoms with Crippen LogP contribution in [0.2, 0.25) is 0 Å². The van der Waals surface area contributed by atoms with Gasteiger partial charge in [-0.3, -0.25) is 0 Å². The summed E-state index contributed by atoms with van der Waals surface area (Å²) in [5.74, 6) is 0. The molecule has 0 saturated carbocycles. The molecule has 9 rings (SSSR count). The fourth-order valence-electron chi connectivity index (χ4n) is 7.31. The van der Waals surface area contributed by atoms with Gasteiger partial charge < -0.3 is 14.2 Å². The maximum Gasteiger partial charge on any atom is 0.0622 e. The summed E-state index contributed by atoms with van der Waals surface area (Å²) >= 11 is 0.